The Morgan fingerprint density at radius 1 is 1.25 bits per heavy atom. The lowest BCUT2D eigenvalue weighted by Crippen LogP contribution is -2.31. The zero-order valence-corrected chi connectivity index (χ0v) is 15.9. The number of nitrogens with zero attached hydrogens (tertiary/aromatic N) is 2. The van der Waals surface area contributed by atoms with Crippen LogP contribution < -0.4 is 10.6 Å². The Bertz CT molecular complexity index is 661. The number of benzene rings is 1. The number of aryl methyl sites for hydroxylation is 3. The zero-order chi connectivity index (χ0) is 17.5. The second kappa shape index (κ2) is 8.83. The third-order valence-electron chi connectivity index (χ3n) is 4.15. The van der Waals surface area contributed by atoms with Crippen LogP contribution in [-0.4, -0.2) is 14.9 Å². The summed E-state index contributed by atoms with van der Waals surface area (Å²) >= 11 is 5.44. The van der Waals surface area contributed by atoms with E-state index in [9.17, 15) is 0 Å². The molecule has 0 fully saturated rings. The van der Waals surface area contributed by atoms with E-state index >= 15 is 0 Å². The van der Waals surface area contributed by atoms with Crippen molar-refractivity contribution in [1.29, 1.82) is 0 Å². The minimum absolute atomic E-state index is 0.120. The number of hydrogen-bond acceptors (Lipinski definition) is 2. The fourth-order valence-electron chi connectivity index (χ4n) is 2.70. The standard InChI is InChI=1S/C19H28N4S/c1-5-7-8-16-9-11-17(12-10-16)21-19(24)20-14(3)18-13-23(6-2)22-15(18)4/h9-14H,5-8H2,1-4H3,(H2,20,21,24). The SMILES string of the molecule is CCCCc1ccc(NC(=S)NC(C)c2cn(CC)nc2C)cc1. The first-order chi connectivity index (χ1) is 11.5. The molecule has 0 aliphatic heterocycles. The summed E-state index contributed by atoms with van der Waals surface area (Å²) in [5.41, 5.74) is 4.61. The minimum atomic E-state index is 0.120. The molecule has 4 nitrogen and oxygen atoms in total. The molecule has 0 aliphatic rings. The second-order valence-electron chi connectivity index (χ2n) is 6.15. The summed E-state index contributed by atoms with van der Waals surface area (Å²) < 4.78 is 1.95. The van der Waals surface area contributed by atoms with Crippen LogP contribution in [0, 0.1) is 6.92 Å². The van der Waals surface area contributed by atoms with E-state index in [2.05, 4.69) is 67.0 Å². The number of rotatable bonds is 7. The molecule has 0 spiro atoms. The van der Waals surface area contributed by atoms with E-state index in [-0.39, 0.29) is 6.04 Å². The highest BCUT2D eigenvalue weighted by atomic mass is 32.1. The molecule has 130 valence electrons. The number of nitrogens with one attached hydrogen (secondary N) is 2. The highest BCUT2D eigenvalue weighted by molar-refractivity contribution is 7.80. The second-order valence-corrected chi connectivity index (χ2v) is 6.55. The van der Waals surface area contributed by atoms with Crippen LogP contribution in [0.15, 0.2) is 30.5 Å². The number of unbranched alkanes of at least 4 members (excludes halogenated alkanes) is 1. The Labute approximate surface area is 150 Å². The summed E-state index contributed by atoms with van der Waals surface area (Å²) in [6.07, 6.45) is 5.67. The van der Waals surface area contributed by atoms with E-state index in [0.717, 1.165) is 24.3 Å². The van der Waals surface area contributed by atoms with Crippen molar-refractivity contribution in [3.8, 4) is 0 Å². The van der Waals surface area contributed by atoms with Gasteiger partial charge in [0.2, 0.25) is 0 Å². The normalized spacial score (nSPS) is 12.0. The summed E-state index contributed by atoms with van der Waals surface area (Å²) in [4.78, 5) is 0. The average Bonchev–Trinajstić information content (AvgIpc) is 2.95. The summed E-state index contributed by atoms with van der Waals surface area (Å²) in [6.45, 7) is 9.31. The highest BCUT2D eigenvalue weighted by Crippen LogP contribution is 2.17. The van der Waals surface area contributed by atoms with Gasteiger partial charge >= 0.3 is 0 Å². The van der Waals surface area contributed by atoms with Crippen molar-refractivity contribution in [3.05, 3.63) is 47.3 Å². The molecule has 0 radical (unpaired) electrons. The van der Waals surface area contributed by atoms with Crippen LogP contribution in [-0.2, 0) is 13.0 Å². The van der Waals surface area contributed by atoms with Gasteiger partial charge in [0.1, 0.15) is 0 Å². The molecule has 1 aromatic carbocycles. The molecule has 0 saturated carbocycles. The van der Waals surface area contributed by atoms with Crippen LogP contribution in [0.4, 0.5) is 5.69 Å². The van der Waals surface area contributed by atoms with E-state index in [1.165, 1.54) is 24.0 Å². The van der Waals surface area contributed by atoms with Gasteiger partial charge in [-0.05, 0) is 63.5 Å². The molecule has 0 aliphatic carbocycles. The maximum Gasteiger partial charge on any atom is 0.171 e. The van der Waals surface area contributed by atoms with E-state index in [1.54, 1.807) is 0 Å². The van der Waals surface area contributed by atoms with Gasteiger partial charge in [0, 0.05) is 24.0 Å². The van der Waals surface area contributed by atoms with Crippen molar-refractivity contribution in [2.75, 3.05) is 5.32 Å². The van der Waals surface area contributed by atoms with Gasteiger partial charge < -0.3 is 10.6 Å². The van der Waals surface area contributed by atoms with Gasteiger partial charge in [-0.15, -0.1) is 0 Å². The molecule has 1 aromatic heterocycles. The van der Waals surface area contributed by atoms with Gasteiger partial charge in [-0.1, -0.05) is 25.5 Å². The van der Waals surface area contributed by atoms with Gasteiger partial charge in [0.15, 0.2) is 5.11 Å². The van der Waals surface area contributed by atoms with Crippen LogP contribution in [0.5, 0.6) is 0 Å². The Balaban J connectivity index is 1.91. The van der Waals surface area contributed by atoms with Gasteiger partial charge in [0.25, 0.3) is 0 Å². The predicted octanol–water partition coefficient (Wildman–Crippen LogP) is 4.60. The molecular weight excluding hydrogens is 316 g/mol. The van der Waals surface area contributed by atoms with Crippen molar-refractivity contribution in [2.45, 2.75) is 59.5 Å². The third-order valence-corrected chi connectivity index (χ3v) is 4.37. The lowest BCUT2D eigenvalue weighted by molar-refractivity contribution is 0.651. The third kappa shape index (κ3) is 5.06. The maximum atomic E-state index is 5.44. The summed E-state index contributed by atoms with van der Waals surface area (Å²) in [7, 11) is 0. The van der Waals surface area contributed by atoms with Gasteiger partial charge in [-0.3, -0.25) is 4.68 Å². The molecule has 0 bridgehead atoms. The van der Waals surface area contributed by atoms with E-state index in [4.69, 9.17) is 12.2 Å². The van der Waals surface area contributed by atoms with Gasteiger partial charge in [-0.25, -0.2) is 0 Å². The molecule has 1 unspecified atom stereocenters. The fourth-order valence-corrected chi connectivity index (χ4v) is 2.99. The van der Waals surface area contributed by atoms with Crippen molar-refractivity contribution < 1.29 is 0 Å². The molecule has 5 heteroatoms. The summed E-state index contributed by atoms with van der Waals surface area (Å²) in [6, 6.07) is 8.63. The Morgan fingerprint density at radius 3 is 2.54 bits per heavy atom. The Kier molecular flexibility index (Phi) is 6.79. The van der Waals surface area contributed by atoms with Crippen LogP contribution in [0.3, 0.4) is 0 Å². The summed E-state index contributed by atoms with van der Waals surface area (Å²) in [5, 5.41) is 11.7. The van der Waals surface area contributed by atoms with E-state index in [1.807, 2.05) is 11.6 Å². The van der Waals surface area contributed by atoms with Gasteiger partial charge in [0.05, 0.1) is 11.7 Å². The first-order valence-electron chi connectivity index (χ1n) is 8.73. The van der Waals surface area contributed by atoms with Crippen molar-refractivity contribution in [1.82, 2.24) is 15.1 Å². The van der Waals surface area contributed by atoms with Crippen molar-refractivity contribution in [3.63, 3.8) is 0 Å². The molecule has 2 rings (SSSR count). The van der Waals surface area contributed by atoms with E-state index < -0.39 is 0 Å². The number of anilines is 1. The van der Waals surface area contributed by atoms with Crippen LogP contribution in [0.1, 0.15) is 56.5 Å². The quantitative estimate of drug-likeness (QED) is 0.720. The highest BCUT2D eigenvalue weighted by Gasteiger charge is 2.13. The molecular formula is C19H28N4S. The first-order valence-corrected chi connectivity index (χ1v) is 9.14. The smallest absolute Gasteiger partial charge is 0.171 e. The molecule has 1 atom stereocenters. The zero-order valence-electron chi connectivity index (χ0n) is 15.1. The lowest BCUT2D eigenvalue weighted by atomic mass is 10.1. The van der Waals surface area contributed by atoms with Crippen LogP contribution in [0.25, 0.3) is 0 Å². The minimum Gasteiger partial charge on any atom is -0.356 e. The molecule has 24 heavy (non-hydrogen) atoms. The Hall–Kier alpha value is -1.88. The fraction of sp³-hybridized carbons (Fsp3) is 0.474. The van der Waals surface area contributed by atoms with Crippen LogP contribution >= 0.6 is 12.2 Å². The molecule has 0 amide bonds. The summed E-state index contributed by atoms with van der Waals surface area (Å²) in [5.74, 6) is 0. The number of hydrogen-bond donors (Lipinski definition) is 2. The van der Waals surface area contributed by atoms with Gasteiger partial charge in [-0.2, -0.15) is 5.10 Å². The number of aromatic nitrogens is 2. The van der Waals surface area contributed by atoms with Crippen molar-refractivity contribution >= 4 is 23.0 Å². The molecule has 0 saturated heterocycles. The largest absolute Gasteiger partial charge is 0.356 e. The Morgan fingerprint density at radius 2 is 1.96 bits per heavy atom. The number of thiocarbonyl (C=S) groups is 1. The monoisotopic (exact) mass is 344 g/mol. The van der Waals surface area contributed by atoms with E-state index in [0.29, 0.717) is 5.11 Å². The molecule has 2 N–H and O–H groups in total. The van der Waals surface area contributed by atoms with Crippen LogP contribution in [0.2, 0.25) is 0 Å². The van der Waals surface area contributed by atoms with Crippen molar-refractivity contribution in [2.24, 2.45) is 0 Å². The molecule has 2 aromatic rings. The predicted molar refractivity (Wildman–Crippen MR) is 105 cm³/mol. The average molecular weight is 345 g/mol. The topological polar surface area (TPSA) is 41.9 Å². The maximum absolute atomic E-state index is 5.44. The first kappa shape index (κ1) is 18.5. The lowest BCUT2D eigenvalue weighted by Gasteiger charge is -2.17. The molecule has 1 heterocycles.